The van der Waals surface area contributed by atoms with Gasteiger partial charge in [-0.1, -0.05) is 0 Å². The number of benzene rings is 3. The number of hydrogen-bond donors (Lipinski definition) is 0. The predicted molar refractivity (Wildman–Crippen MR) is 170 cm³/mol. The molecule has 0 saturated heterocycles. The average molecular weight is 610 g/mol. The molecule has 2 atom stereocenters. The van der Waals surface area contributed by atoms with Gasteiger partial charge in [-0.3, -0.25) is 0 Å². The molecule has 3 aliphatic rings. The summed E-state index contributed by atoms with van der Waals surface area (Å²) in [5.74, 6) is 0. The third-order valence-corrected chi connectivity index (χ3v) is 30.6. The molecule has 0 fully saturated rings. The second-order valence-corrected chi connectivity index (χ2v) is 27.7. The molecule has 1 heterocycles. The van der Waals surface area contributed by atoms with Gasteiger partial charge in [-0.25, -0.2) is 0 Å². The van der Waals surface area contributed by atoms with Gasteiger partial charge in [0.2, 0.25) is 0 Å². The van der Waals surface area contributed by atoms with Crippen LogP contribution in [-0.4, -0.2) is 8.07 Å². The van der Waals surface area contributed by atoms with Crippen molar-refractivity contribution in [1.29, 1.82) is 0 Å². The van der Waals surface area contributed by atoms with Crippen LogP contribution >= 0.6 is 0 Å². The molecule has 1 aliphatic heterocycles. The standard InChI is InChI=1S/C29H28Si.2C4H9.Zr/c1-4-21-19-23-13-9-11-17-26(23)28(21)30(3,25-15-7-6-8-16-25)29-22(5-2)20-24-14-10-12-18-27(24)29;2*1-3-4-2;/h6-20H,4-5H2,1-3H3;2*1,3-4H2,2H3;. The Morgan fingerprint density at radius 2 is 1.03 bits per heavy atom. The monoisotopic (exact) mass is 608 g/mol. The Labute approximate surface area is 243 Å². The Morgan fingerprint density at radius 3 is 1.46 bits per heavy atom. The van der Waals surface area contributed by atoms with E-state index >= 15 is 0 Å². The predicted octanol–water partition coefficient (Wildman–Crippen LogP) is 10.5. The third-order valence-electron chi connectivity index (χ3n) is 10.7. The first-order valence-corrected chi connectivity index (χ1v) is 24.6. The molecule has 2 unspecified atom stereocenters. The second-order valence-electron chi connectivity index (χ2n) is 12.5. The minimum atomic E-state index is -3.00. The SMILES string of the molecule is CCC[CH2][Zr]1([CH2]CCC)[CH]2C(CC)=C(c3ccccc32)[Si](C)(c2ccccc2)C2=C(CC)[CH]1c1ccccc12. The van der Waals surface area contributed by atoms with Crippen LogP contribution in [0.2, 0.25) is 14.8 Å². The van der Waals surface area contributed by atoms with Gasteiger partial charge in [0, 0.05) is 0 Å². The van der Waals surface area contributed by atoms with Crippen molar-refractivity contribution in [3.05, 3.63) is 112 Å². The quantitative estimate of drug-likeness (QED) is 0.212. The maximum absolute atomic E-state index is 3.00. The van der Waals surface area contributed by atoms with Gasteiger partial charge in [0.1, 0.15) is 0 Å². The van der Waals surface area contributed by atoms with Crippen LogP contribution in [0.1, 0.15) is 95.7 Å². The summed E-state index contributed by atoms with van der Waals surface area (Å²) in [7, 11) is -2.27. The summed E-state index contributed by atoms with van der Waals surface area (Å²) in [4.78, 5) is 0. The molecule has 4 bridgehead atoms. The molecule has 2 heteroatoms. The first-order chi connectivity index (χ1) is 19.1. The van der Waals surface area contributed by atoms with Crippen molar-refractivity contribution < 1.29 is 20.3 Å². The Balaban J connectivity index is 1.81. The molecule has 0 spiro atoms. The topological polar surface area (TPSA) is 0 Å². The Hall–Kier alpha value is -1.76. The summed E-state index contributed by atoms with van der Waals surface area (Å²) < 4.78 is 4.51. The second kappa shape index (κ2) is 10.9. The molecule has 3 aromatic rings. The first kappa shape index (κ1) is 27.4. The van der Waals surface area contributed by atoms with E-state index in [2.05, 4.69) is 113 Å². The zero-order chi connectivity index (χ0) is 27.2. The van der Waals surface area contributed by atoms with Crippen LogP contribution in [-0.2, 0) is 20.3 Å². The van der Waals surface area contributed by atoms with E-state index in [1.807, 2.05) is 21.5 Å². The van der Waals surface area contributed by atoms with Crippen molar-refractivity contribution in [2.75, 3.05) is 0 Å². The maximum atomic E-state index is 2.73. The van der Waals surface area contributed by atoms with Crippen molar-refractivity contribution >= 4 is 23.7 Å². The van der Waals surface area contributed by atoms with E-state index < -0.39 is 28.3 Å². The summed E-state index contributed by atoms with van der Waals surface area (Å²) in [5.41, 5.74) is 10.5. The van der Waals surface area contributed by atoms with Crippen molar-refractivity contribution in [2.24, 2.45) is 0 Å². The summed E-state index contributed by atoms with van der Waals surface area (Å²) >= 11 is -3.00. The zero-order valence-electron chi connectivity index (χ0n) is 24.8. The molecule has 202 valence electrons. The van der Waals surface area contributed by atoms with Crippen LogP contribution in [0.4, 0.5) is 0 Å². The van der Waals surface area contributed by atoms with Crippen LogP contribution in [0.5, 0.6) is 0 Å². The molecule has 0 saturated carbocycles. The summed E-state index contributed by atoms with van der Waals surface area (Å²) in [5, 5.41) is 5.21. The number of allylic oxidation sites excluding steroid dienone is 2. The van der Waals surface area contributed by atoms with Gasteiger partial charge in [0.25, 0.3) is 0 Å². The van der Waals surface area contributed by atoms with E-state index in [1.165, 1.54) is 46.8 Å². The molecule has 0 radical (unpaired) electrons. The van der Waals surface area contributed by atoms with Gasteiger partial charge >= 0.3 is 244 Å². The fourth-order valence-electron chi connectivity index (χ4n) is 9.28. The molecule has 0 amide bonds. The molecule has 2 aliphatic carbocycles. The number of hydrogen-bond acceptors (Lipinski definition) is 0. The van der Waals surface area contributed by atoms with Crippen LogP contribution in [0.25, 0.3) is 10.4 Å². The van der Waals surface area contributed by atoms with Crippen molar-refractivity contribution in [3.8, 4) is 0 Å². The Kier molecular flexibility index (Phi) is 7.67. The van der Waals surface area contributed by atoms with Crippen LogP contribution < -0.4 is 5.19 Å². The third kappa shape index (κ3) is 3.91. The summed E-state index contributed by atoms with van der Waals surface area (Å²) in [6.45, 7) is 12.6. The fraction of sp³-hybridized carbons (Fsp3) is 0.405. The fourth-order valence-corrected chi connectivity index (χ4v) is 33.8. The molecule has 3 aromatic carbocycles. The van der Waals surface area contributed by atoms with E-state index in [4.69, 9.17) is 0 Å². The average Bonchev–Trinajstić information content (AvgIpc) is 3.52. The Morgan fingerprint density at radius 1 is 0.590 bits per heavy atom. The van der Waals surface area contributed by atoms with Crippen LogP contribution in [0, 0.1) is 0 Å². The zero-order valence-corrected chi connectivity index (χ0v) is 28.3. The van der Waals surface area contributed by atoms with E-state index in [0.717, 1.165) is 7.25 Å². The summed E-state index contributed by atoms with van der Waals surface area (Å²) in [6.07, 6.45) is 7.87. The van der Waals surface area contributed by atoms with Gasteiger partial charge in [-0.15, -0.1) is 0 Å². The number of rotatable bonds is 9. The normalized spacial score (nSPS) is 24.4. The number of unbranched alkanes of at least 4 members (excludes halogenated alkanes) is 2. The van der Waals surface area contributed by atoms with E-state index in [9.17, 15) is 0 Å². The van der Waals surface area contributed by atoms with Crippen LogP contribution in [0.3, 0.4) is 0 Å². The van der Waals surface area contributed by atoms with Crippen molar-refractivity contribution in [3.63, 3.8) is 0 Å². The van der Waals surface area contributed by atoms with Gasteiger partial charge in [-0.05, 0) is 0 Å². The van der Waals surface area contributed by atoms with Gasteiger partial charge in [0.15, 0.2) is 0 Å². The van der Waals surface area contributed by atoms with Crippen molar-refractivity contribution in [2.45, 2.75) is 88.3 Å². The summed E-state index contributed by atoms with van der Waals surface area (Å²) in [6, 6.07) is 31.4. The molecule has 6 rings (SSSR count). The van der Waals surface area contributed by atoms with Crippen LogP contribution in [0.15, 0.2) is 90.0 Å². The van der Waals surface area contributed by atoms with Gasteiger partial charge in [-0.2, -0.15) is 0 Å². The first-order valence-electron chi connectivity index (χ1n) is 15.8. The number of fused-ring (bicyclic) bond motifs is 8. The molecule has 0 nitrogen and oxygen atoms in total. The molecule has 0 aromatic heterocycles. The Bertz CT molecular complexity index is 1340. The molecule has 39 heavy (non-hydrogen) atoms. The molecule has 0 N–H and O–H groups in total. The molecular weight excluding hydrogens is 564 g/mol. The minimum absolute atomic E-state index is 0.725. The van der Waals surface area contributed by atoms with E-state index in [0.29, 0.717) is 0 Å². The van der Waals surface area contributed by atoms with Gasteiger partial charge < -0.3 is 0 Å². The van der Waals surface area contributed by atoms with Gasteiger partial charge in [0.05, 0.1) is 0 Å². The molecular formula is C37H46SiZr. The van der Waals surface area contributed by atoms with E-state index in [-0.39, 0.29) is 0 Å². The van der Waals surface area contributed by atoms with Crippen molar-refractivity contribution in [1.82, 2.24) is 0 Å². The van der Waals surface area contributed by atoms with E-state index in [1.54, 1.807) is 27.4 Å².